The van der Waals surface area contributed by atoms with Gasteiger partial charge >= 0.3 is 5.63 Å². The number of aromatic nitrogens is 1. The van der Waals surface area contributed by atoms with Gasteiger partial charge in [0, 0.05) is 29.8 Å². The van der Waals surface area contributed by atoms with Gasteiger partial charge < -0.3 is 4.42 Å². The summed E-state index contributed by atoms with van der Waals surface area (Å²) in [4.78, 5) is 42.9. The van der Waals surface area contributed by atoms with Gasteiger partial charge in [-0.2, -0.15) is 0 Å². The molecule has 25 heavy (non-hydrogen) atoms. The SMILES string of the molecule is O=C(C1CC1)N(C(=O)C1CC1)c1c(Br)cc(-c2cccnc2)oc1=O. The van der Waals surface area contributed by atoms with Gasteiger partial charge in [0.05, 0.1) is 4.47 Å². The molecule has 2 aromatic heterocycles. The average Bonchev–Trinajstić information content (AvgIpc) is 3.50. The van der Waals surface area contributed by atoms with E-state index in [1.165, 1.54) is 0 Å². The molecule has 0 aromatic carbocycles. The Kier molecular flexibility index (Phi) is 4.03. The molecule has 128 valence electrons. The first kappa shape index (κ1) is 16.2. The zero-order chi connectivity index (χ0) is 17.6. The third-order valence-corrected chi connectivity index (χ3v) is 4.95. The predicted octanol–water partition coefficient (Wildman–Crippen LogP) is 3.14. The van der Waals surface area contributed by atoms with Gasteiger partial charge in [0.1, 0.15) is 5.76 Å². The number of hydrogen-bond donors (Lipinski definition) is 0. The molecule has 0 aliphatic heterocycles. The van der Waals surface area contributed by atoms with Crippen molar-refractivity contribution in [2.24, 2.45) is 11.8 Å². The summed E-state index contributed by atoms with van der Waals surface area (Å²) in [7, 11) is 0. The van der Waals surface area contributed by atoms with Crippen LogP contribution in [0.25, 0.3) is 11.3 Å². The molecular formula is C18H15BrN2O4. The first-order valence-corrected chi connectivity index (χ1v) is 8.97. The highest BCUT2D eigenvalue weighted by atomic mass is 79.9. The van der Waals surface area contributed by atoms with Crippen LogP contribution in [0.1, 0.15) is 25.7 Å². The smallest absolute Gasteiger partial charge is 0.362 e. The molecule has 2 aromatic rings. The molecular weight excluding hydrogens is 388 g/mol. The summed E-state index contributed by atoms with van der Waals surface area (Å²) in [5.41, 5.74) is -0.0990. The maximum Gasteiger partial charge on any atom is 0.362 e. The quantitative estimate of drug-likeness (QED) is 0.733. The maximum absolute atomic E-state index is 12.6. The van der Waals surface area contributed by atoms with Gasteiger partial charge in [-0.1, -0.05) is 0 Å². The number of imide groups is 1. The van der Waals surface area contributed by atoms with Gasteiger partial charge in [-0.25, -0.2) is 9.69 Å². The van der Waals surface area contributed by atoms with E-state index in [-0.39, 0.29) is 29.3 Å². The summed E-state index contributed by atoms with van der Waals surface area (Å²) in [6, 6.07) is 5.09. The lowest BCUT2D eigenvalue weighted by Crippen LogP contribution is -2.42. The molecule has 0 spiro atoms. The van der Waals surface area contributed by atoms with Crippen molar-refractivity contribution in [3.63, 3.8) is 0 Å². The summed E-state index contributed by atoms with van der Waals surface area (Å²) in [6.07, 6.45) is 6.21. The highest BCUT2D eigenvalue weighted by molar-refractivity contribution is 9.10. The number of carbonyl (C=O) groups is 2. The Morgan fingerprint density at radius 1 is 1.16 bits per heavy atom. The molecule has 0 atom stereocenters. The van der Waals surface area contributed by atoms with Gasteiger partial charge in [-0.05, 0) is 59.8 Å². The molecule has 2 aliphatic carbocycles. The molecule has 2 aliphatic rings. The van der Waals surface area contributed by atoms with Crippen LogP contribution in [0.3, 0.4) is 0 Å². The molecule has 7 heteroatoms. The topological polar surface area (TPSA) is 80.5 Å². The fourth-order valence-corrected chi connectivity index (χ4v) is 3.21. The maximum atomic E-state index is 12.6. The fraction of sp³-hybridized carbons (Fsp3) is 0.333. The summed E-state index contributed by atoms with van der Waals surface area (Å²) in [5.74, 6) is -0.636. The van der Waals surface area contributed by atoms with Crippen molar-refractivity contribution in [1.82, 2.24) is 4.98 Å². The number of nitrogens with zero attached hydrogens (tertiary/aromatic N) is 2. The molecule has 0 N–H and O–H groups in total. The highest BCUT2D eigenvalue weighted by Gasteiger charge is 2.43. The number of pyridine rings is 1. The zero-order valence-corrected chi connectivity index (χ0v) is 14.9. The van der Waals surface area contributed by atoms with E-state index in [0.717, 1.165) is 30.6 Å². The molecule has 0 bridgehead atoms. The minimum atomic E-state index is -0.712. The van der Waals surface area contributed by atoms with Gasteiger partial charge in [-0.3, -0.25) is 14.6 Å². The molecule has 6 nitrogen and oxygen atoms in total. The second-order valence-corrected chi connectivity index (χ2v) is 7.25. The number of amides is 2. The van der Waals surface area contributed by atoms with E-state index in [1.54, 1.807) is 30.6 Å². The lowest BCUT2D eigenvalue weighted by atomic mass is 10.2. The van der Waals surface area contributed by atoms with E-state index in [1.807, 2.05) is 0 Å². The van der Waals surface area contributed by atoms with Crippen LogP contribution in [-0.4, -0.2) is 16.8 Å². The van der Waals surface area contributed by atoms with Crippen molar-refractivity contribution in [2.75, 3.05) is 4.90 Å². The average molecular weight is 403 g/mol. The molecule has 4 rings (SSSR count). The Labute approximate surface area is 152 Å². The van der Waals surface area contributed by atoms with Crippen molar-refractivity contribution in [2.45, 2.75) is 25.7 Å². The van der Waals surface area contributed by atoms with E-state index < -0.39 is 5.63 Å². The second-order valence-electron chi connectivity index (χ2n) is 6.40. The van der Waals surface area contributed by atoms with Crippen molar-refractivity contribution >= 4 is 33.4 Å². The Bertz CT molecular complexity index is 877. The third kappa shape index (κ3) is 3.16. The number of carbonyl (C=O) groups excluding carboxylic acids is 2. The molecule has 2 amide bonds. The number of hydrogen-bond acceptors (Lipinski definition) is 5. The predicted molar refractivity (Wildman–Crippen MR) is 93.9 cm³/mol. The van der Waals surface area contributed by atoms with Crippen molar-refractivity contribution < 1.29 is 14.0 Å². The minimum absolute atomic E-state index is 0.0264. The number of rotatable bonds is 4. The molecule has 0 unspecified atom stereocenters. The van der Waals surface area contributed by atoms with Crippen molar-refractivity contribution in [1.29, 1.82) is 0 Å². The number of halogens is 1. The van der Waals surface area contributed by atoms with E-state index in [0.29, 0.717) is 15.8 Å². The first-order chi connectivity index (χ1) is 12.1. The first-order valence-electron chi connectivity index (χ1n) is 8.18. The molecule has 0 radical (unpaired) electrons. The standard InChI is InChI=1S/C18H15BrN2O4/c19-13-8-14(12-2-1-7-20-9-12)25-18(24)15(13)21(16(22)10-3-4-10)17(23)11-5-6-11/h1-2,7-11H,3-6H2. The van der Waals surface area contributed by atoms with Gasteiger partial charge in [0.2, 0.25) is 11.8 Å². The van der Waals surface area contributed by atoms with Crippen LogP contribution in [-0.2, 0) is 9.59 Å². The fourth-order valence-electron chi connectivity index (χ4n) is 2.66. The minimum Gasteiger partial charge on any atom is -0.421 e. The summed E-state index contributed by atoms with van der Waals surface area (Å²) >= 11 is 3.35. The van der Waals surface area contributed by atoms with Gasteiger partial charge in [0.15, 0.2) is 5.69 Å². The van der Waals surface area contributed by atoms with Crippen LogP contribution in [0, 0.1) is 11.8 Å². The van der Waals surface area contributed by atoms with Crippen molar-refractivity contribution in [3.8, 4) is 11.3 Å². The largest absolute Gasteiger partial charge is 0.421 e. The Morgan fingerprint density at radius 3 is 2.28 bits per heavy atom. The molecule has 2 heterocycles. The van der Waals surface area contributed by atoms with Crippen LogP contribution < -0.4 is 10.5 Å². The lowest BCUT2D eigenvalue weighted by Gasteiger charge is -2.21. The second kappa shape index (κ2) is 6.22. The van der Waals surface area contributed by atoms with Crippen LogP contribution in [0.15, 0.2) is 44.3 Å². The van der Waals surface area contributed by atoms with E-state index in [2.05, 4.69) is 20.9 Å². The van der Waals surface area contributed by atoms with Crippen LogP contribution in [0.4, 0.5) is 5.69 Å². The van der Waals surface area contributed by atoms with E-state index in [4.69, 9.17) is 4.42 Å². The van der Waals surface area contributed by atoms with E-state index >= 15 is 0 Å². The molecule has 2 fully saturated rings. The lowest BCUT2D eigenvalue weighted by molar-refractivity contribution is -0.127. The van der Waals surface area contributed by atoms with Gasteiger partial charge in [-0.15, -0.1) is 0 Å². The Hall–Kier alpha value is -2.28. The summed E-state index contributed by atoms with van der Waals surface area (Å²) in [6.45, 7) is 0. The normalized spacial score (nSPS) is 16.5. The van der Waals surface area contributed by atoms with Gasteiger partial charge in [0.25, 0.3) is 0 Å². The summed E-state index contributed by atoms with van der Waals surface area (Å²) < 4.78 is 5.75. The third-order valence-electron chi connectivity index (χ3n) is 4.34. The monoisotopic (exact) mass is 402 g/mol. The van der Waals surface area contributed by atoms with Crippen LogP contribution >= 0.6 is 15.9 Å². The Morgan fingerprint density at radius 2 is 1.80 bits per heavy atom. The highest BCUT2D eigenvalue weighted by Crippen LogP contribution is 2.39. The number of anilines is 1. The van der Waals surface area contributed by atoms with Crippen LogP contribution in [0.5, 0.6) is 0 Å². The zero-order valence-electron chi connectivity index (χ0n) is 13.3. The molecule has 2 saturated carbocycles. The van der Waals surface area contributed by atoms with Crippen LogP contribution in [0.2, 0.25) is 0 Å². The Balaban J connectivity index is 1.78. The van der Waals surface area contributed by atoms with E-state index in [9.17, 15) is 14.4 Å². The summed E-state index contributed by atoms with van der Waals surface area (Å²) in [5, 5.41) is 0. The molecule has 0 saturated heterocycles. The van der Waals surface area contributed by atoms with Crippen molar-refractivity contribution in [3.05, 3.63) is 45.5 Å².